The first-order valence-corrected chi connectivity index (χ1v) is 6.72. The van der Waals surface area contributed by atoms with Gasteiger partial charge in [0.25, 0.3) is 0 Å². The van der Waals surface area contributed by atoms with E-state index in [2.05, 4.69) is 15.5 Å². The van der Waals surface area contributed by atoms with E-state index < -0.39 is 0 Å². The molecular formula is C15H19N3O3. The Kier molecular flexibility index (Phi) is 5.34. The molecule has 0 aliphatic heterocycles. The molecule has 0 aliphatic rings. The molecule has 1 amide bonds. The van der Waals surface area contributed by atoms with Crippen LogP contribution in [0.25, 0.3) is 11.3 Å². The molecule has 2 aromatic rings. The van der Waals surface area contributed by atoms with E-state index in [-0.39, 0.29) is 5.91 Å². The van der Waals surface area contributed by atoms with Crippen LogP contribution in [-0.4, -0.2) is 36.9 Å². The van der Waals surface area contributed by atoms with Crippen molar-refractivity contribution in [2.75, 3.05) is 26.1 Å². The molecule has 0 unspecified atom stereocenters. The number of nitrogens with zero attached hydrogens (tertiary/aromatic N) is 1. The van der Waals surface area contributed by atoms with Gasteiger partial charge in [-0.2, -0.15) is 5.10 Å². The second kappa shape index (κ2) is 7.44. The number of ether oxygens (including phenoxy) is 2. The van der Waals surface area contributed by atoms with Crippen molar-refractivity contribution in [1.29, 1.82) is 0 Å². The summed E-state index contributed by atoms with van der Waals surface area (Å²) in [7, 11) is 3.23. The highest BCUT2D eigenvalue weighted by molar-refractivity contribution is 5.90. The van der Waals surface area contributed by atoms with Gasteiger partial charge >= 0.3 is 0 Å². The molecule has 2 N–H and O–H groups in total. The lowest BCUT2D eigenvalue weighted by Gasteiger charge is -2.05. The van der Waals surface area contributed by atoms with Crippen LogP contribution in [0.5, 0.6) is 5.75 Å². The molecular weight excluding hydrogens is 270 g/mol. The number of carbonyl (C=O) groups is 1. The molecule has 6 nitrogen and oxygen atoms in total. The number of hydrogen-bond acceptors (Lipinski definition) is 4. The summed E-state index contributed by atoms with van der Waals surface area (Å²) in [6.45, 7) is 0.570. The standard InChI is InChI=1S/C15H19N3O3/c1-20-9-5-8-15(19)16-14-10-12(17-18-14)11-6-3-4-7-13(11)21-2/h3-4,6-7,10H,5,8-9H2,1-2H3,(H2,16,17,18,19). The number of methoxy groups -OCH3 is 2. The molecule has 1 heterocycles. The second-order valence-electron chi connectivity index (χ2n) is 4.51. The van der Waals surface area contributed by atoms with Crippen LogP contribution in [0.1, 0.15) is 12.8 Å². The summed E-state index contributed by atoms with van der Waals surface area (Å²) in [6, 6.07) is 9.40. The minimum Gasteiger partial charge on any atom is -0.496 e. The number of aromatic nitrogens is 2. The molecule has 21 heavy (non-hydrogen) atoms. The molecule has 6 heteroatoms. The number of rotatable bonds is 7. The van der Waals surface area contributed by atoms with Crippen LogP contribution in [0.2, 0.25) is 0 Å². The van der Waals surface area contributed by atoms with Gasteiger partial charge in [-0.3, -0.25) is 9.89 Å². The molecule has 2 rings (SSSR count). The summed E-state index contributed by atoms with van der Waals surface area (Å²) in [5.41, 5.74) is 1.69. The zero-order valence-electron chi connectivity index (χ0n) is 12.2. The van der Waals surface area contributed by atoms with Crippen molar-refractivity contribution in [1.82, 2.24) is 10.2 Å². The first-order chi connectivity index (χ1) is 10.2. The number of nitrogens with one attached hydrogen (secondary N) is 2. The van der Waals surface area contributed by atoms with E-state index in [1.54, 1.807) is 20.3 Å². The van der Waals surface area contributed by atoms with Gasteiger partial charge in [-0.25, -0.2) is 0 Å². The number of carbonyl (C=O) groups excluding carboxylic acids is 1. The number of aromatic amines is 1. The van der Waals surface area contributed by atoms with Gasteiger partial charge in [-0.05, 0) is 18.6 Å². The largest absolute Gasteiger partial charge is 0.496 e. The van der Waals surface area contributed by atoms with Crippen LogP contribution in [0.3, 0.4) is 0 Å². The number of amides is 1. The molecule has 112 valence electrons. The predicted molar refractivity (Wildman–Crippen MR) is 80.3 cm³/mol. The summed E-state index contributed by atoms with van der Waals surface area (Å²) in [6.07, 6.45) is 1.09. The van der Waals surface area contributed by atoms with Crippen molar-refractivity contribution < 1.29 is 14.3 Å². The fraction of sp³-hybridized carbons (Fsp3) is 0.333. The van der Waals surface area contributed by atoms with Crippen LogP contribution in [0.15, 0.2) is 30.3 Å². The maximum absolute atomic E-state index is 11.7. The molecule has 0 saturated heterocycles. The lowest BCUT2D eigenvalue weighted by Crippen LogP contribution is -2.12. The Balaban J connectivity index is 2.03. The number of H-pyrrole nitrogens is 1. The van der Waals surface area contributed by atoms with Crippen LogP contribution < -0.4 is 10.1 Å². The lowest BCUT2D eigenvalue weighted by atomic mass is 10.1. The van der Waals surface area contributed by atoms with Gasteiger partial charge in [0, 0.05) is 31.8 Å². The third kappa shape index (κ3) is 4.06. The number of hydrogen-bond donors (Lipinski definition) is 2. The Bertz CT molecular complexity index is 595. The normalized spacial score (nSPS) is 10.4. The zero-order chi connectivity index (χ0) is 15.1. The minimum absolute atomic E-state index is 0.0786. The summed E-state index contributed by atoms with van der Waals surface area (Å²) in [5, 5.41) is 9.74. The van der Waals surface area contributed by atoms with Crippen molar-refractivity contribution in [2.45, 2.75) is 12.8 Å². The maximum atomic E-state index is 11.7. The van der Waals surface area contributed by atoms with Gasteiger partial charge in [0.15, 0.2) is 5.82 Å². The Labute approximate surface area is 123 Å². The molecule has 0 saturated carbocycles. The Morgan fingerprint density at radius 1 is 1.33 bits per heavy atom. The van der Waals surface area contributed by atoms with Gasteiger partial charge in [0.1, 0.15) is 5.75 Å². The van der Waals surface area contributed by atoms with Crippen molar-refractivity contribution in [3.05, 3.63) is 30.3 Å². The fourth-order valence-corrected chi connectivity index (χ4v) is 1.97. The molecule has 0 radical (unpaired) electrons. The summed E-state index contributed by atoms with van der Waals surface area (Å²) < 4.78 is 10.2. The summed E-state index contributed by atoms with van der Waals surface area (Å²) >= 11 is 0. The van der Waals surface area contributed by atoms with Crippen LogP contribution in [-0.2, 0) is 9.53 Å². The van der Waals surface area contributed by atoms with Crippen LogP contribution in [0, 0.1) is 0 Å². The van der Waals surface area contributed by atoms with Crippen LogP contribution >= 0.6 is 0 Å². The molecule has 0 atom stereocenters. The molecule has 1 aromatic carbocycles. The average Bonchev–Trinajstić information content (AvgIpc) is 2.95. The number of para-hydroxylation sites is 1. The van der Waals surface area contributed by atoms with Gasteiger partial charge in [-0.1, -0.05) is 12.1 Å². The maximum Gasteiger partial charge on any atom is 0.225 e. The Hall–Kier alpha value is -2.34. The smallest absolute Gasteiger partial charge is 0.225 e. The quantitative estimate of drug-likeness (QED) is 0.768. The van der Waals surface area contributed by atoms with Gasteiger partial charge in [0.2, 0.25) is 5.91 Å². The van der Waals surface area contributed by atoms with E-state index in [0.29, 0.717) is 25.3 Å². The predicted octanol–water partition coefficient (Wildman–Crippen LogP) is 2.45. The highest BCUT2D eigenvalue weighted by Crippen LogP contribution is 2.29. The number of benzene rings is 1. The van der Waals surface area contributed by atoms with Gasteiger partial charge in [0.05, 0.1) is 12.8 Å². The van der Waals surface area contributed by atoms with Crippen LogP contribution in [0.4, 0.5) is 5.82 Å². The van der Waals surface area contributed by atoms with Gasteiger partial charge in [-0.15, -0.1) is 0 Å². The molecule has 0 aliphatic carbocycles. The molecule has 0 spiro atoms. The highest BCUT2D eigenvalue weighted by Gasteiger charge is 2.10. The SMILES string of the molecule is COCCCC(=O)Nc1cc(-c2ccccc2OC)[nH]n1. The fourth-order valence-electron chi connectivity index (χ4n) is 1.97. The van der Waals surface area contributed by atoms with Crippen molar-refractivity contribution in [2.24, 2.45) is 0 Å². The van der Waals surface area contributed by atoms with E-state index in [1.165, 1.54) is 0 Å². The topological polar surface area (TPSA) is 76.2 Å². The number of anilines is 1. The second-order valence-corrected chi connectivity index (χ2v) is 4.51. The first-order valence-electron chi connectivity index (χ1n) is 6.72. The lowest BCUT2D eigenvalue weighted by molar-refractivity contribution is -0.116. The summed E-state index contributed by atoms with van der Waals surface area (Å²) in [4.78, 5) is 11.7. The van der Waals surface area contributed by atoms with E-state index in [4.69, 9.17) is 9.47 Å². The van der Waals surface area contributed by atoms with E-state index in [9.17, 15) is 4.79 Å². The van der Waals surface area contributed by atoms with Gasteiger partial charge < -0.3 is 14.8 Å². The average molecular weight is 289 g/mol. The molecule has 0 fully saturated rings. The Morgan fingerprint density at radius 2 is 2.14 bits per heavy atom. The third-order valence-corrected chi connectivity index (χ3v) is 2.99. The Morgan fingerprint density at radius 3 is 2.90 bits per heavy atom. The van der Waals surface area contributed by atoms with E-state index >= 15 is 0 Å². The third-order valence-electron chi connectivity index (χ3n) is 2.99. The minimum atomic E-state index is -0.0786. The zero-order valence-corrected chi connectivity index (χ0v) is 12.2. The van der Waals surface area contributed by atoms with Crippen molar-refractivity contribution in [3.63, 3.8) is 0 Å². The first kappa shape index (κ1) is 15.1. The molecule has 0 bridgehead atoms. The van der Waals surface area contributed by atoms with Crippen molar-refractivity contribution in [3.8, 4) is 17.0 Å². The van der Waals surface area contributed by atoms with E-state index in [1.807, 2.05) is 24.3 Å². The van der Waals surface area contributed by atoms with E-state index in [0.717, 1.165) is 17.0 Å². The summed E-state index contributed by atoms with van der Waals surface area (Å²) in [5.74, 6) is 1.17. The van der Waals surface area contributed by atoms with Crippen molar-refractivity contribution >= 4 is 11.7 Å². The molecule has 1 aromatic heterocycles. The monoisotopic (exact) mass is 289 g/mol. The highest BCUT2D eigenvalue weighted by atomic mass is 16.5.